The fraction of sp³-hybridized carbons (Fsp3) is 0.409. The summed E-state index contributed by atoms with van der Waals surface area (Å²) in [5.74, 6) is 0.847. The largest absolute Gasteiger partial charge is 0.497 e. The van der Waals surface area contributed by atoms with Crippen LogP contribution in [0, 0.1) is 12.8 Å². The predicted octanol–water partition coefficient (Wildman–Crippen LogP) is 2.60. The molecule has 1 fully saturated rings. The quantitative estimate of drug-likeness (QED) is 0.648. The summed E-state index contributed by atoms with van der Waals surface area (Å²) >= 11 is 0. The second kappa shape index (κ2) is 9.95. The molecule has 0 aliphatic carbocycles. The lowest BCUT2D eigenvalue weighted by Crippen LogP contribution is -2.45. The Bertz CT molecular complexity index is 960. The Morgan fingerprint density at radius 3 is 2.63 bits per heavy atom. The number of hydrogen-bond donors (Lipinski definition) is 1. The Morgan fingerprint density at radius 1 is 1.17 bits per heavy atom. The zero-order valence-electron chi connectivity index (χ0n) is 17.3. The number of nitrogens with zero attached hydrogens (tertiary/aromatic N) is 1. The van der Waals surface area contributed by atoms with Crippen LogP contribution in [0.3, 0.4) is 0 Å². The highest BCUT2D eigenvalue weighted by Gasteiger charge is 2.33. The standard InChI is InChI=1S/C22H28N2O5S/c1-17-5-3-7-20(15-17)29-14-12-23-22(25)18-6-4-13-24(16-18)30(26,27)21-10-8-19(28-2)9-11-21/h3,5,7-11,15,18H,4,6,12-14,16H2,1-2H3,(H,23,25)/t18-/m0/s1. The number of methoxy groups -OCH3 is 1. The second-order valence-corrected chi connectivity index (χ2v) is 9.27. The van der Waals surface area contributed by atoms with Crippen LogP contribution >= 0.6 is 0 Å². The molecule has 7 nitrogen and oxygen atoms in total. The molecule has 30 heavy (non-hydrogen) atoms. The number of carbonyl (C=O) groups excluding carboxylic acids is 1. The first-order valence-electron chi connectivity index (χ1n) is 10.0. The third-order valence-electron chi connectivity index (χ3n) is 5.11. The number of aryl methyl sites for hydroxylation is 1. The van der Waals surface area contributed by atoms with Crippen molar-refractivity contribution < 1.29 is 22.7 Å². The molecule has 1 amide bonds. The highest BCUT2D eigenvalue weighted by molar-refractivity contribution is 7.89. The lowest BCUT2D eigenvalue weighted by molar-refractivity contribution is -0.126. The van der Waals surface area contributed by atoms with Crippen molar-refractivity contribution in [1.29, 1.82) is 0 Å². The van der Waals surface area contributed by atoms with Crippen LogP contribution in [0.1, 0.15) is 18.4 Å². The summed E-state index contributed by atoms with van der Waals surface area (Å²) in [5, 5.41) is 2.86. The highest BCUT2D eigenvalue weighted by Crippen LogP contribution is 2.25. The van der Waals surface area contributed by atoms with Crippen LogP contribution in [0.15, 0.2) is 53.4 Å². The van der Waals surface area contributed by atoms with E-state index in [0.717, 1.165) is 11.3 Å². The van der Waals surface area contributed by atoms with E-state index >= 15 is 0 Å². The van der Waals surface area contributed by atoms with Crippen molar-refractivity contribution in [2.24, 2.45) is 5.92 Å². The zero-order chi connectivity index (χ0) is 21.6. The number of piperidine rings is 1. The van der Waals surface area contributed by atoms with Gasteiger partial charge in [0.15, 0.2) is 0 Å². The normalized spacial score (nSPS) is 17.3. The fourth-order valence-electron chi connectivity index (χ4n) is 3.46. The molecule has 3 rings (SSSR count). The molecule has 162 valence electrons. The molecule has 8 heteroatoms. The van der Waals surface area contributed by atoms with Gasteiger partial charge in [0.2, 0.25) is 15.9 Å². The molecule has 0 radical (unpaired) electrons. The Morgan fingerprint density at radius 2 is 1.93 bits per heavy atom. The summed E-state index contributed by atoms with van der Waals surface area (Å²) in [6, 6.07) is 14.0. The Labute approximate surface area is 178 Å². The minimum atomic E-state index is -3.65. The average Bonchev–Trinajstić information content (AvgIpc) is 2.77. The van der Waals surface area contributed by atoms with Crippen LogP contribution in [0.25, 0.3) is 0 Å². The molecule has 1 N–H and O–H groups in total. The van der Waals surface area contributed by atoms with Gasteiger partial charge in [0.1, 0.15) is 18.1 Å². The van der Waals surface area contributed by atoms with Crippen molar-refractivity contribution in [3.05, 3.63) is 54.1 Å². The van der Waals surface area contributed by atoms with Crippen LogP contribution in [0.5, 0.6) is 11.5 Å². The van der Waals surface area contributed by atoms with Gasteiger partial charge in [0.25, 0.3) is 0 Å². The average molecular weight is 433 g/mol. The summed E-state index contributed by atoms with van der Waals surface area (Å²) in [5.41, 5.74) is 1.11. The SMILES string of the molecule is COc1ccc(S(=O)(=O)N2CCC[C@H](C(=O)NCCOc3cccc(C)c3)C2)cc1. The Kier molecular flexibility index (Phi) is 7.33. The van der Waals surface area contributed by atoms with Gasteiger partial charge >= 0.3 is 0 Å². The number of benzene rings is 2. The minimum absolute atomic E-state index is 0.141. The second-order valence-electron chi connectivity index (χ2n) is 7.33. The van der Waals surface area contributed by atoms with Gasteiger partial charge in [0, 0.05) is 13.1 Å². The van der Waals surface area contributed by atoms with Gasteiger partial charge in [-0.15, -0.1) is 0 Å². The summed E-state index contributed by atoms with van der Waals surface area (Å²) in [7, 11) is -2.11. The molecule has 1 aliphatic rings. The molecule has 1 aliphatic heterocycles. The molecule has 0 bridgehead atoms. The molecule has 1 atom stereocenters. The molecule has 0 unspecified atom stereocenters. The van der Waals surface area contributed by atoms with E-state index in [4.69, 9.17) is 9.47 Å². The molecule has 0 spiro atoms. The number of nitrogens with one attached hydrogen (secondary N) is 1. The van der Waals surface area contributed by atoms with E-state index in [-0.39, 0.29) is 23.3 Å². The first-order valence-corrected chi connectivity index (χ1v) is 11.5. The molecule has 1 heterocycles. The van der Waals surface area contributed by atoms with Crippen molar-refractivity contribution in [3.63, 3.8) is 0 Å². The maximum absolute atomic E-state index is 12.9. The van der Waals surface area contributed by atoms with Gasteiger partial charge in [-0.25, -0.2) is 8.42 Å². The summed E-state index contributed by atoms with van der Waals surface area (Å²) in [4.78, 5) is 12.8. The first kappa shape index (κ1) is 22.1. The summed E-state index contributed by atoms with van der Waals surface area (Å²) in [6.07, 6.45) is 1.31. The molecule has 0 aromatic heterocycles. The van der Waals surface area contributed by atoms with Crippen LogP contribution in [-0.2, 0) is 14.8 Å². The van der Waals surface area contributed by atoms with E-state index in [1.165, 1.54) is 23.5 Å². The van der Waals surface area contributed by atoms with Crippen molar-refractivity contribution in [2.75, 3.05) is 33.4 Å². The van der Waals surface area contributed by atoms with E-state index in [0.29, 0.717) is 38.3 Å². The van der Waals surface area contributed by atoms with Crippen molar-refractivity contribution >= 4 is 15.9 Å². The van der Waals surface area contributed by atoms with E-state index in [1.807, 2.05) is 31.2 Å². The molecule has 1 saturated heterocycles. The minimum Gasteiger partial charge on any atom is -0.497 e. The van der Waals surface area contributed by atoms with Crippen LogP contribution in [0.4, 0.5) is 0 Å². The van der Waals surface area contributed by atoms with Crippen LogP contribution < -0.4 is 14.8 Å². The molecule has 2 aromatic rings. The summed E-state index contributed by atoms with van der Waals surface area (Å²) in [6.45, 7) is 3.31. The lowest BCUT2D eigenvalue weighted by atomic mass is 9.99. The number of ether oxygens (including phenoxy) is 2. The van der Waals surface area contributed by atoms with E-state index in [1.54, 1.807) is 12.1 Å². The number of rotatable bonds is 8. The van der Waals surface area contributed by atoms with Gasteiger partial charge < -0.3 is 14.8 Å². The van der Waals surface area contributed by atoms with E-state index in [9.17, 15) is 13.2 Å². The smallest absolute Gasteiger partial charge is 0.243 e. The Hall–Kier alpha value is -2.58. The zero-order valence-corrected chi connectivity index (χ0v) is 18.2. The number of amides is 1. The van der Waals surface area contributed by atoms with E-state index < -0.39 is 10.0 Å². The molecular formula is C22H28N2O5S. The van der Waals surface area contributed by atoms with E-state index in [2.05, 4.69) is 5.32 Å². The topological polar surface area (TPSA) is 84.9 Å². The number of carbonyl (C=O) groups is 1. The Balaban J connectivity index is 1.52. The maximum atomic E-state index is 12.9. The third kappa shape index (κ3) is 5.52. The lowest BCUT2D eigenvalue weighted by Gasteiger charge is -2.31. The molecular weight excluding hydrogens is 404 g/mol. The molecule has 0 saturated carbocycles. The predicted molar refractivity (Wildman–Crippen MR) is 114 cm³/mol. The van der Waals surface area contributed by atoms with Crippen molar-refractivity contribution in [1.82, 2.24) is 9.62 Å². The maximum Gasteiger partial charge on any atom is 0.243 e. The van der Waals surface area contributed by atoms with Gasteiger partial charge in [-0.3, -0.25) is 4.79 Å². The van der Waals surface area contributed by atoms with Crippen molar-refractivity contribution in [2.45, 2.75) is 24.7 Å². The van der Waals surface area contributed by atoms with Crippen LogP contribution in [0.2, 0.25) is 0 Å². The number of sulfonamides is 1. The van der Waals surface area contributed by atoms with Crippen LogP contribution in [-0.4, -0.2) is 52.0 Å². The van der Waals surface area contributed by atoms with Gasteiger partial charge in [-0.1, -0.05) is 12.1 Å². The highest BCUT2D eigenvalue weighted by atomic mass is 32.2. The van der Waals surface area contributed by atoms with Gasteiger partial charge in [-0.05, 0) is 61.7 Å². The van der Waals surface area contributed by atoms with Gasteiger partial charge in [-0.2, -0.15) is 4.31 Å². The van der Waals surface area contributed by atoms with Crippen molar-refractivity contribution in [3.8, 4) is 11.5 Å². The molecule has 2 aromatic carbocycles. The summed E-state index contributed by atoms with van der Waals surface area (Å²) < 4.78 is 38.0. The monoisotopic (exact) mass is 432 g/mol. The fourth-order valence-corrected chi connectivity index (χ4v) is 4.99. The first-order chi connectivity index (χ1) is 14.4. The van der Waals surface area contributed by atoms with Gasteiger partial charge in [0.05, 0.1) is 24.5 Å². The third-order valence-corrected chi connectivity index (χ3v) is 6.99. The number of hydrogen-bond acceptors (Lipinski definition) is 5.